The summed E-state index contributed by atoms with van der Waals surface area (Å²) in [6.45, 7) is 9.82. The van der Waals surface area contributed by atoms with Crippen LogP contribution in [0, 0.1) is 6.92 Å². The lowest BCUT2D eigenvalue weighted by atomic mass is 9.96. The summed E-state index contributed by atoms with van der Waals surface area (Å²) in [4.78, 5) is 49.3. The summed E-state index contributed by atoms with van der Waals surface area (Å²) in [5.74, 6) is -2.66. The number of cyclic esters (lactones) is 1. The molecule has 2 rings (SSSR count). The molecule has 1 heterocycles. The summed E-state index contributed by atoms with van der Waals surface area (Å²) in [5.41, 5.74) is 2.26. The van der Waals surface area contributed by atoms with Gasteiger partial charge in [0.05, 0.1) is 31.2 Å². The quantitative estimate of drug-likeness (QED) is 0.120. The van der Waals surface area contributed by atoms with Crippen molar-refractivity contribution in [1.29, 1.82) is 0 Å². The number of carboxylic acid groups (broad SMARTS) is 1. The van der Waals surface area contributed by atoms with Crippen molar-refractivity contribution in [2.24, 2.45) is 0 Å². The van der Waals surface area contributed by atoms with Crippen LogP contribution in [0.1, 0.15) is 74.5 Å². The first kappa shape index (κ1) is 33.0. The van der Waals surface area contributed by atoms with Gasteiger partial charge in [-0.1, -0.05) is 11.6 Å². The van der Waals surface area contributed by atoms with Crippen LogP contribution in [0.3, 0.4) is 0 Å². The molecule has 2 atom stereocenters. The van der Waals surface area contributed by atoms with Gasteiger partial charge >= 0.3 is 23.9 Å². The number of allylic oxidation sites excluding steroid dienone is 2. The molecule has 0 fully saturated rings. The molecular formula is C27H39N2O10P. The van der Waals surface area contributed by atoms with Gasteiger partial charge in [-0.15, -0.1) is 0 Å². The van der Waals surface area contributed by atoms with Gasteiger partial charge in [0.1, 0.15) is 24.4 Å². The van der Waals surface area contributed by atoms with Crippen LogP contribution in [0.15, 0.2) is 11.6 Å². The number of ether oxygens (including phenoxy) is 4. The Morgan fingerprint density at radius 3 is 2.10 bits per heavy atom. The van der Waals surface area contributed by atoms with Gasteiger partial charge in [0.2, 0.25) is 7.44 Å². The lowest BCUT2D eigenvalue weighted by Crippen LogP contribution is -2.46. The lowest BCUT2D eigenvalue weighted by Gasteiger charge is -2.30. The second kappa shape index (κ2) is 14.4. The number of hydrogen-bond donors (Lipinski definition) is 3. The molecule has 1 aromatic carbocycles. The maximum absolute atomic E-state index is 15.0. The number of carboxylic acids is 1. The van der Waals surface area contributed by atoms with Crippen LogP contribution in [0.4, 0.5) is 0 Å². The number of fused-ring (bicyclic) bond motifs is 1. The van der Waals surface area contributed by atoms with Crippen LogP contribution in [-0.4, -0.2) is 61.4 Å². The van der Waals surface area contributed by atoms with Gasteiger partial charge in [0, 0.05) is 17.5 Å². The zero-order valence-electron chi connectivity index (χ0n) is 24.0. The van der Waals surface area contributed by atoms with E-state index < -0.39 is 43.4 Å². The van der Waals surface area contributed by atoms with Gasteiger partial charge in [0.25, 0.3) is 0 Å². The first-order chi connectivity index (χ1) is 18.8. The van der Waals surface area contributed by atoms with E-state index in [-0.39, 0.29) is 50.0 Å². The van der Waals surface area contributed by atoms with Crippen LogP contribution in [-0.2, 0) is 46.2 Å². The van der Waals surface area contributed by atoms with Gasteiger partial charge in [-0.2, -0.15) is 0 Å². The SMILES string of the molecule is CCOC(=O)C(C)NP(=O)(NC(C)C(=O)OCC)c1c(C/C=C(\C)CCC(=O)O)c(OC)c(C)c2c1C(=O)OC2. The highest BCUT2D eigenvalue weighted by Gasteiger charge is 2.43. The van der Waals surface area contributed by atoms with Gasteiger partial charge < -0.3 is 24.1 Å². The van der Waals surface area contributed by atoms with Crippen LogP contribution >= 0.6 is 7.44 Å². The molecule has 40 heavy (non-hydrogen) atoms. The summed E-state index contributed by atoms with van der Waals surface area (Å²) in [6.07, 6.45) is 2.09. The molecule has 1 aliphatic rings. The number of hydrogen-bond acceptors (Lipinski definition) is 9. The predicted octanol–water partition coefficient (Wildman–Crippen LogP) is 2.93. The summed E-state index contributed by atoms with van der Waals surface area (Å²) in [6, 6.07) is -2.21. The first-order valence-corrected chi connectivity index (χ1v) is 14.8. The predicted molar refractivity (Wildman–Crippen MR) is 147 cm³/mol. The number of carbonyl (C=O) groups excluding carboxylic acids is 3. The monoisotopic (exact) mass is 582 g/mol. The fourth-order valence-corrected chi connectivity index (χ4v) is 7.16. The standard InChI is InChI=1S/C27H39N2O10P/c1-8-37-25(32)17(5)28-40(35,29-18(6)26(33)38-9-2)24-19(12-10-15(3)11-13-21(30)31)23(36-7)16(4)20-14-39-27(34)22(20)24/h10,17-18H,8-9,11-14H2,1-7H3,(H,30,31)(H2,28,29,35)/b15-10+. The van der Waals surface area contributed by atoms with E-state index in [4.69, 9.17) is 24.1 Å². The number of esters is 3. The molecule has 1 aromatic rings. The molecule has 0 spiro atoms. The fraction of sp³-hybridized carbons (Fsp3) is 0.556. The summed E-state index contributed by atoms with van der Waals surface area (Å²) >= 11 is 0. The summed E-state index contributed by atoms with van der Waals surface area (Å²) in [5, 5.41) is 14.7. The van der Waals surface area contributed by atoms with Gasteiger partial charge in [-0.05, 0) is 59.9 Å². The fourth-order valence-electron chi connectivity index (χ4n) is 4.41. The van der Waals surface area contributed by atoms with E-state index in [1.165, 1.54) is 21.0 Å². The number of aliphatic carboxylic acids is 1. The largest absolute Gasteiger partial charge is 0.496 e. The summed E-state index contributed by atoms with van der Waals surface area (Å²) < 4.78 is 36.3. The lowest BCUT2D eigenvalue weighted by molar-refractivity contribution is -0.145. The van der Waals surface area contributed by atoms with Crippen molar-refractivity contribution in [1.82, 2.24) is 10.2 Å². The van der Waals surface area contributed by atoms with E-state index in [1.54, 1.807) is 33.8 Å². The molecule has 0 bridgehead atoms. The highest BCUT2D eigenvalue weighted by molar-refractivity contribution is 7.68. The minimum atomic E-state index is -4.21. The normalized spacial score (nSPS) is 15.9. The Labute approximate surface area is 234 Å². The zero-order valence-corrected chi connectivity index (χ0v) is 24.9. The molecule has 3 N–H and O–H groups in total. The second-order valence-electron chi connectivity index (χ2n) is 9.38. The number of rotatable bonds is 15. The van der Waals surface area contributed by atoms with E-state index in [0.29, 0.717) is 22.4 Å². The topological polar surface area (TPSA) is 167 Å². The molecule has 0 amide bonds. The van der Waals surface area contributed by atoms with Crippen LogP contribution in [0.2, 0.25) is 0 Å². The minimum Gasteiger partial charge on any atom is -0.496 e. The Balaban J connectivity index is 2.84. The molecule has 0 saturated heterocycles. The molecule has 0 aliphatic carbocycles. The van der Waals surface area contributed by atoms with Crippen molar-refractivity contribution in [3.63, 3.8) is 0 Å². The third kappa shape index (κ3) is 7.71. The Bertz CT molecular complexity index is 1200. The van der Waals surface area contributed by atoms with Crippen molar-refractivity contribution in [3.8, 4) is 5.75 Å². The Morgan fingerprint density at radius 1 is 1.07 bits per heavy atom. The first-order valence-electron chi connectivity index (χ1n) is 13.1. The second-order valence-corrected chi connectivity index (χ2v) is 11.6. The van der Waals surface area contributed by atoms with Gasteiger partial charge in [-0.25, -0.2) is 15.0 Å². The number of nitrogens with one attached hydrogen (secondary N) is 2. The average Bonchev–Trinajstić information content (AvgIpc) is 3.27. The maximum Gasteiger partial charge on any atom is 0.339 e. The summed E-state index contributed by atoms with van der Waals surface area (Å²) in [7, 11) is -2.77. The molecule has 2 unspecified atom stereocenters. The molecule has 0 radical (unpaired) electrons. The number of carbonyl (C=O) groups is 4. The smallest absolute Gasteiger partial charge is 0.339 e. The molecule has 12 nitrogen and oxygen atoms in total. The highest BCUT2D eigenvalue weighted by Crippen LogP contribution is 2.46. The van der Waals surface area contributed by atoms with E-state index in [1.807, 2.05) is 0 Å². The minimum absolute atomic E-state index is 0.0158. The molecule has 0 saturated carbocycles. The molecule has 222 valence electrons. The Kier molecular flexibility index (Phi) is 11.9. The van der Waals surface area contributed by atoms with E-state index in [0.717, 1.165) is 5.57 Å². The van der Waals surface area contributed by atoms with Gasteiger partial charge in [-0.3, -0.25) is 18.9 Å². The van der Waals surface area contributed by atoms with Crippen molar-refractivity contribution < 1.29 is 47.8 Å². The molecular weight excluding hydrogens is 543 g/mol. The zero-order chi connectivity index (χ0) is 30.2. The van der Waals surface area contributed by atoms with Crippen molar-refractivity contribution in [2.45, 2.75) is 79.5 Å². The van der Waals surface area contributed by atoms with Crippen LogP contribution in [0.5, 0.6) is 5.75 Å². The number of benzene rings is 1. The van der Waals surface area contributed by atoms with E-state index in [9.17, 15) is 19.2 Å². The van der Waals surface area contributed by atoms with Crippen molar-refractivity contribution in [3.05, 3.63) is 33.9 Å². The van der Waals surface area contributed by atoms with Gasteiger partial charge in [0.15, 0.2) is 0 Å². The van der Waals surface area contributed by atoms with E-state index >= 15 is 4.57 Å². The van der Waals surface area contributed by atoms with Crippen LogP contribution < -0.4 is 20.2 Å². The molecule has 13 heteroatoms. The maximum atomic E-state index is 15.0. The average molecular weight is 583 g/mol. The third-order valence-electron chi connectivity index (χ3n) is 6.38. The molecule has 0 aromatic heterocycles. The van der Waals surface area contributed by atoms with E-state index in [2.05, 4.69) is 10.2 Å². The highest BCUT2D eigenvalue weighted by atomic mass is 31.2. The number of methoxy groups -OCH3 is 1. The Hall–Kier alpha value is -3.21. The van der Waals surface area contributed by atoms with Crippen LogP contribution in [0.25, 0.3) is 0 Å². The van der Waals surface area contributed by atoms with Crippen molar-refractivity contribution in [2.75, 3.05) is 20.3 Å². The van der Waals surface area contributed by atoms with Crippen molar-refractivity contribution >= 4 is 36.6 Å². The third-order valence-corrected chi connectivity index (χ3v) is 9.01. The molecule has 1 aliphatic heterocycles. The Morgan fingerprint density at radius 2 is 1.62 bits per heavy atom.